The zero-order valence-electron chi connectivity index (χ0n) is 7.59. The summed E-state index contributed by atoms with van der Waals surface area (Å²) in [5, 5.41) is 3.18. The van der Waals surface area contributed by atoms with Crippen molar-refractivity contribution in [1.29, 1.82) is 0 Å². The SMILES string of the molecule is COC(=O)/C=C/NC1(C)CCC1. The Balaban J connectivity index is 2.24. The third-order valence-electron chi connectivity index (χ3n) is 2.31. The molecule has 1 fully saturated rings. The summed E-state index contributed by atoms with van der Waals surface area (Å²) >= 11 is 0. The number of hydrogen-bond donors (Lipinski definition) is 1. The third kappa shape index (κ3) is 2.26. The van der Waals surface area contributed by atoms with E-state index < -0.39 is 0 Å². The maximum atomic E-state index is 10.7. The molecule has 0 amide bonds. The summed E-state index contributed by atoms with van der Waals surface area (Å²) in [5.41, 5.74) is 0.213. The Bertz CT molecular complexity index is 195. The van der Waals surface area contributed by atoms with E-state index in [-0.39, 0.29) is 11.5 Å². The van der Waals surface area contributed by atoms with Crippen molar-refractivity contribution < 1.29 is 9.53 Å². The van der Waals surface area contributed by atoms with Crippen molar-refractivity contribution in [3.8, 4) is 0 Å². The molecule has 1 aliphatic carbocycles. The third-order valence-corrected chi connectivity index (χ3v) is 2.31. The fourth-order valence-electron chi connectivity index (χ4n) is 1.23. The van der Waals surface area contributed by atoms with E-state index in [9.17, 15) is 4.79 Å². The van der Waals surface area contributed by atoms with Gasteiger partial charge in [0.15, 0.2) is 0 Å². The lowest BCUT2D eigenvalue weighted by Crippen LogP contribution is -2.45. The van der Waals surface area contributed by atoms with Crippen molar-refractivity contribution in [2.24, 2.45) is 0 Å². The molecular weight excluding hydrogens is 154 g/mol. The lowest BCUT2D eigenvalue weighted by molar-refractivity contribution is -0.134. The summed E-state index contributed by atoms with van der Waals surface area (Å²) in [4.78, 5) is 10.7. The molecule has 1 rings (SSSR count). The Morgan fingerprint density at radius 2 is 2.25 bits per heavy atom. The van der Waals surface area contributed by atoms with Crippen LogP contribution >= 0.6 is 0 Å². The summed E-state index contributed by atoms with van der Waals surface area (Å²) in [6.07, 6.45) is 6.71. The molecule has 0 saturated heterocycles. The van der Waals surface area contributed by atoms with Gasteiger partial charge in [0, 0.05) is 17.8 Å². The average Bonchev–Trinajstić information content (AvgIpc) is 2.01. The maximum absolute atomic E-state index is 10.7. The van der Waals surface area contributed by atoms with E-state index in [4.69, 9.17) is 0 Å². The number of ether oxygens (including phenoxy) is 1. The van der Waals surface area contributed by atoms with Gasteiger partial charge in [-0.3, -0.25) is 0 Å². The van der Waals surface area contributed by atoms with Gasteiger partial charge in [-0.15, -0.1) is 0 Å². The second-order valence-corrected chi connectivity index (χ2v) is 3.42. The summed E-state index contributed by atoms with van der Waals surface area (Å²) in [7, 11) is 1.37. The summed E-state index contributed by atoms with van der Waals surface area (Å²) in [6, 6.07) is 0. The summed E-state index contributed by atoms with van der Waals surface area (Å²) in [5.74, 6) is -0.314. The first-order chi connectivity index (χ1) is 5.66. The lowest BCUT2D eigenvalue weighted by atomic mass is 9.79. The molecular formula is C9H15NO2. The Morgan fingerprint density at radius 1 is 1.58 bits per heavy atom. The fraction of sp³-hybridized carbons (Fsp3) is 0.667. The highest BCUT2D eigenvalue weighted by Crippen LogP contribution is 2.30. The van der Waals surface area contributed by atoms with Crippen LogP contribution in [0.25, 0.3) is 0 Å². The number of methoxy groups -OCH3 is 1. The van der Waals surface area contributed by atoms with Crippen LogP contribution in [0.15, 0.2) is 12.3 Å². The number of esters is 1. The van der Waals surface area contributed by atoms with E-state index >= 15 is 0 Å². The molecule has 0 spiro atoms. The number of carbonyl (C=O) groups is 1. The first-order valence-electron chi connectivity index (χ1n) is 4.18. The minimum Gasteiger partial charge on any atom is -0.466 e. The van der Waals surface area contributed by atoms with Gasteiger partial charge in [0.1, 0.15) is 0 Å². The number of rotatable bonds is 3. The molecule has 0 aromatic heterocycles. The standard InChI is InChI=1S/C9H15NO2/c1-9(5-3-6-9)10-7-4-8(11)12-2/h4,7,10H,3,5-6H2,1-2H3/b7-4+. The van der Waals surface area contributed by atoms with Gasteiger partial charge in [0.05, 0.1) is 7.11 Å². The molecule has 0 radical (unpaired) electrons. The lowest BCUT2D eigenvalue weighted by Gasteiger charge is -2.38. The van der Waals surface area contributed by atoms with Gasteiger partial charge in [-0.1, -0.05) is 0 Å². The van der Waals surface area contributed by atoms with Crippen LogP contribution in [0.2, 0.25) is 0 Å². The summed E-state index contributed by atoms with van der Waals surface area (Å²) < 4.78 is 4.45. The van der Waals surface area contributed by atoms with Crippen molar-refractivity contribution in [2.75, 3.05) is 7.11 Å². The molecule has 0 aromatic carbocycles. The molecule has 0 aliphatic heterocycles. The van der Waals surface area contributed by atoms with E-state index in [1.165, 1.54) is 32.4 Å². The normalized spacial score (nSPS) is 20.2. The Morgan fingerprint density at radius 3 is 2.67 bits per heavy atom. The predicted molar refractivity (Wildman–Crippen MR) is 46.5 cm³/mol. The first kappa shape index (κ1) is 9.10. The van der Waals surface area contributed by atoms with E-state index in [2.05, 4.69) is 17.0 Å². The van der Waals surface area contributed by atoms with E-state index in [1.54, 1.807) is 6.20 Å². The van der Waals surface area contributed by atoms with Crippen molar-refractivity contribution in [3.05, 3.63) is 12.3 Å². The molecule has 0 atom stereocenters. The summed E-state index contributed by atoms with van der Waals surface area (Å²) in [6.45, 7) is 2.15. The molecule has 1 saturated carbocycles. The average molecular weight is 169 g/mol. The molecule has 0 aromatic rings. The van der Waals surface area contributed by atoms with Crippen LogP contribution in [0.5, 0.6) is 0 Å². The second kappa shape index (κ2) is 3.61. The molecule has 3 nitrogen and oxygen atoms in total. The van der Waals surface area contributed by atoms with Crippen LogP contribution < -0.4 is 5.32 Å². The maximum Gasteiger partial charge on any atom is 0.331 e. The van der Waals surface area contributed by atoms with Crippen LogP contribution in [0.1, 0.15) is 26.2 Å². The predicted octanol–water partition coefficient (Wildman–Crippen LogP) is 1.21. The molecule has 1 N–H and O–H groups in total. The van der Waals surface area contributed by atoms with Gasteiger partial charge >= 0.3 is 5.97 Å². The van der Waals surface area contributed by atoms with Crippen molar-refractivity contribution in [3.63, 3.8) is 0 Å². The van der Waals surface area contributed by atoms with E-state index in [0.717, 1.165) is 0 Å². The molecule has 68 valence electrons. The van der Waals surface area contributed by atoms with E-state index in [1.807, 2.05) is 0 Å². The van der Waals surface area contributed by atoms with Gasteiger partial charge < -0.3 is 10.1 Å². The minimum atomic E-state index is -0.314. The Labute approximate surface area is 72.8 Å². The number of nitrogens with one attached hydrogen (secondary N) is 1. The zero-order chi connectivity index (χ0) is 9.03. The van der Waals surface area contributed by atoms with Crippen molar-refractivity contribution >= 4 is 5.97 Å². The molecule has 0 heterocycles. The minimum absolute atomic E-state index is 0.213. The molecule has 12 heavy (non-hydrogen) atoms. The molecule has 0 bridgehead atoms. The Hall–Kier alpha value is -0.990. The van der Waals surface area contributed by atoms with Gasteiger partial charge in [0.25, 0.3) is 0 Å². The van der Waals surface area contributed by atoms with Gasteiger partial charge in [-0.25, -0.2) is 4.79 Å². The van der Waals surface area contributed by atoms with Crippen molar-refractivity contribution in [1.82, 2.24) is 5.32 Å². The van der Waals surface area contributed by atoms with Crippen molar-refractivity contribution in [2.45, 2.75) is 31.7 Å². The van der Waals surface area contributed by atoms with Crippen LogP contribution in [-0.4, -0.2) is 18.6 Å². The van der Waals surface area contributed by atoms with Crippen LogP contribution in [0.3, 0.4) is 0 Å². The number of hydrogen-bond acceptors (Lipinski definition) is 3. The van der Waals surface area contributed by atoms with Gasteiger partial charge in [0.2, 0.25) is 0 Å². The van der Waals surface area contributed by atoms with E-state index in [0.29, 0.717) is 0 Å². The first-order valence-corrected chi connectivity index (χ1v) is 4.18. The van der Waals surface area contributed by atoms with Crippen LogP contribution in [-0.2, 0) is 9.53 Å². The van der Waals surface area contributed by atoms with Crippen LogP contribution in [0.4, 0.5) is 0 Å². The fourth-order valence-corrected chi connectivity index (χ4v) is 1.23. The molecule has 1 aliphatic rings. The monoisotopic (exact) mass is 169 g/mol. The van der Waals surface area contributed by atoms with Gasteiger partial charge in [-0.2, -0.15) is 0 Å². The number of carbonyl (C=O) groups excluding carboxylic acids is 1. The molecule has 0 unspecified atom stereocenters. The quantitative estimate of drug-likeness (QED) is 0.509. The highest BCUT2D eigenvalue weighted by molar-refractivity contribution is 5.81. The van der Waals surface area contributed by atoms with Gasteiger partial charge in [-0.05, 0) is 26.2 Å². The highest BCUT2D eigenvalue weighted by Gasteiger charge is 2.29. The largest absolute Gasteiger partial charge is 0.466 e. The van der Waals surface area contributed by atoms with Crippen LogP contribution in [0, 0.1) is 0 Å². The Kier molecular flexibility index (Phi) is 2.74. The topological polar surface area (TPSA) is 38.3 Å². The zero-order valence-corrected chi connectivity index (χ0v) is 7.59. The smallest absolute Gasteiger partial charge is 0.331 e. The highest BCUT2D eigenvalue weighted by atomic mass is 16.5. The molecule has 3 heteroatoms. The second-order valence-electron chi connectivity index (χ2n) is 3.42.